The van der Waals surface area contributed by atoms with Gasteiger partial charge < -0.3 is 0 Å². The van der Waals surface area contributed by atoms with Gasteiger partial charge in [-0.05, 0) is 16.9 Å². The minimum atomic E-state index is -0.272. The van der Waals surface area contributed by atoms with E-state index >= 15 is 0 Å². The van der Waals surface area contributed by atoms with E-state index in [9.17, 15) is 9.59 Å². The molecular formula is C28H17N3O2. The van der Waals surface area contributed by atoms with Crippen molar-refractivity contribution in [3.05, 3.63) is 88.7 Å². The van der Waals surface area contributed by atoms with Gasteiger partial charge in [-0.1, -0.05) is 74.5 Å². The standard InChI is InChI=1S/C28H17N3O2/c1-13(2)14-9-5-11-16-15-10-6-12-19-20(15)23(29-21(14)16)24-22(19)30-25-26(31-24)28(33)18-8-4-3-7-17(18)27(25)32/h3-13H,1-2H3. The van der Waals surface area contributed by atoms with E-state index in [1.54, 1.807) is 24.3 Å². The summed E-state index contributed by atoms with van der Waals surface area (Å²) in [4.78, 5) is 41.0. The highest BCUT2D eigenvalue weighted by Gasteiger charge is 2.36. The predicted molar refractivity (Wildman–Crippen MR) is 127 cm³/mol. The molecular weight excluding hydrogens is 410 g/mol. The zero-order valence-electron chi connectivity index (χ0n) is 18.0. The van der Waals surface area contributed by atoms with Crippen LogP contribution in [-0.2, 0) is 0 Å². The monoisotopic (exact) mass is 427 g/mol. The average molecular weight is 427 g/mol. The zero-order valence-corrected chi connectivity index (χ0v) is 18.0. The molecule has 5 heteroatoms. The van der Waals surface area contributed by atoms with Crippen LogP contribution in [0.15, 0.2) is 60.7 Å². The highest BCUT2D eigenvalue weighted by atomic mass is 16.1. The van der Waals surface area contributed by atoms with Crippen molar-refractivity contribution < 1.29 is 9.59 Å². The Morgan fingerprint density at radius 3 is 1.88 bits per heavy atom. The Labute approximate surface area is 189 Å². The number of nitrogens with zero attached hydrogens (tertiary/aromatic N) is 3. The molecule has 0 spiro atoms. The van der Waals surface area contributed by atoms with Crippen LogP contribution in [0.5, 0.6) is 0 Å². The Hall–Kier alpha value is -4.25. The first kappa shape index (κ1) is 18.3. The quantitative estimate of drug-likeness (QED) is 0.313. The molecule has 0 amide bonds. The van der Waals surface area contributed by atoms with Crippen molar-refractivity contribution >= 4 is 33.2 Å². The second kappa shape index (κ2) is 6.17. The third kappa shape index (κ3) is 2.23. The lowest BCUT2D eigenvalue weighted by molar-refractivity contribution is 0.0972. The lowest BCUT2D eigenvalue weighted by atomic mass is 9.89. The van der Waals surface area contributed by atoms with Crippen molar-refractivity contribution in [2.75, 3.05) is 0 Å². The number of carbonyl (C=O) groups excluding carboxylic acids is 2. The molecule has 2 heterocycles. The van der Waals surface area contributed by atoms with Gasteiger partial charge in [0, 0.05) is 27.5 Å². The molecule has 0 saturated heterocycles. The molecule has 156 valence electrons. The summed E-state index contributed by atoms with van der Waals surface area (Å²) >= 11 is 0. The van der Waals surface area contributed by atoms with Crippen molar-refractivity contribution in [3.63, 3.8) is 0 Å². The fourth-order valence-electron chi connectivity index (χ4n) is 5.18. The maximum atomic E-state index is 13.2. The Kier molecular flexibility index (Phi) is 3.43. The number of carbonyl (C=O) groups is 2. The fourth-order valence-corrected chi connectivity index (χ4v) is 5.18. The van der Waals surface area contributed by atoms with Crippen LogP contribution in [-0.4, -0.2) is 26.5 Å². The molecule has 5 aromatic rings. The number of para-hydroxylation sites is 1. The van der Waals surface area contributed by atoms with E-state index in [1.165, 1.54) is 0 Å². The Balaban J connectivity index is 1.59. The number of ketones is 2. The lowest BCUT2D eigenvalue weighted by Crippen LogP contribution is -2.24. The highest BCUT2D eigenvalue weighted by Crippen LogP contribution is 2.47. The fraction of sp³-hybridized carbons (Fsp3) is 0.107. The molecule has 0 fully saturated rings. The van der Waals surface area contributed by atoms with Crippen LogP contribution in [0, 0.1) is 0 Å². The van der Waals surface area contributed by atoms with Gasteiger partial charge >= 0.3 is 0 Å². The van der Waals surface area contributed by atoms with Crippen LogP contribution >= 0.6 is 0 Å². The maximum absolute atomic E-state index is 13.2. The molecule has 0 aliphatic heterocycles. The SMILES string of the molecule is CC(C)c1cccc2c1nc1c3c(cccc32)-c2nc3c(nc2-1)C(=O)c1ccccc1C3=O. The van der Waals surface area contributed by atoms with Gasteiger partial charge in [0.05, 0.1) is 11.2 Å². The van der Waals surface area contributed by atoms with Gasteiger partial charge in [-0.15, -0.1) is 0 Å². The third-order valence-electron chi connectivity index (χ3n) is 6.73. The van der Waals surface area contributed by atoms with E-state index in [2.05, 4.69) is 38.1 Å². The molecule has 5 nitrogen and oxygen atoms in total. The molecule has 2 aromatic heterocycles. The van der Waals surface area contributed by atoms with E-state index in [1.807, 2.05) is 12.1 Å². The summed E-state index contributed by atoms with van der Waals surface area (Å²) in [6.45, 7) is 4.31. The van der Waals surface area contributed by atoms with E-state index in [0.717, 1.165) is 38.5 Å². The normalized spacial score (nSPS) is 13.5. The van der Waals surface area contributed by atoms with Gasteiger partial charge in [0.25, 0.3) is 0 Å². The lowest BCUT2D eigenvalue weighted by Gasteiger charge is -2.16. The summed E-state index contributed by atoms with van der Waals surface area (Å²) in [5.74, 6) is -0.231. The summed E-state index contributed by atoms with van der Waals surface area (Å²) in [6.07, 6.45) is 0. The van der Waals surface area contributed by atoms with Crippen LogP contribution in [0.1, 0.15) is 57.4 Å². The largest absolute Gasteiger partial charge is 0.287 e. The molecule has 0 saturated carbocycles. The smallest absolute Gasteiger partial charge is 0.214 e. The van der Waals surface area contributed by atoms with Crippen molar-refractivity contribution in [1.29, 1.82) is 0 Å². The molecule has 2 aliphatic carbocycles. The zero-order chi connectivity index (χ0) is 22.4. The van der Waals surface area contributed by atoms with Crippen LogP contribution in [0.3, 0.4) is 0 Å². The molecule has 7 rings (SSSR count). The average Bonchev–Trinajstić information content (AvgIpc) is 3.15. The van der Waals surface area contributed by atoms with E-state index in [-0.39, 0.29) is 23.0 Å². The van der Waals surface area contributed by atoms with Gasteiger partial charge in [-0.2, -0.15) is 0 Å². The summed E-state index contributed by atoms with van der Waals surface area (Å²) in [5, 5.41) is 3.13. The number of hydrogen-bond acceptors (Lipinski definition) is 5. The molecule has 0 atom stereocenters. The van der Waals surface area contributed by atoms with Gasteiger partial charge in [-0.25, -0.2) is 15.0 Å². The number of aromatic nitrogens is 3. The first-order valence-corrected chi connectivity index (χ1v) is 11.0. The Morgan fingerprint density at radius 1 is 0.576 bits per heavy atom. The minimum Gasteiger partial charge on any atom is -0.287 e. The van der Waals surface area contributed by atoms with E-state index < -0.39 is 0 Å². The third-order valence-corrected chi connectivity index (χ3v) is 6.73. The first-order chi connectivity index (χ1) is 16.0. The van der Waals surface area contributed by atoms with Crippen LogP contribution < -0.4 is 0 Å². The second-order valence-corrected chi connectivity index (χ2v) is 8.91. The molecule has 0 bridgehead atoms. The van der Waals surface area contributed by atoms with Gasteiger partial charge in [-0.3, -0.25) is 9.59 Å². The predicted octanol–water partition coefficient (Wildman–Crippen LogP) is 5.72. The first-order valence-electron chi connectivity index (χ1n) is 11.0. The Bertz CT molecular complexity index is 1730. The molecule has 0 N–H and O–H groups in total. The number of rotatable bonds is 1. The summed E-state index contributed by atoms with van der Waals surface area (Å²) in [5.41, 5.74) is 5.89. The van der Waals surface area contributed by atoms with Crippen molar-refractivity contribution in [2.24, 2.45) is 0 Å². The summed E-state index contributed by atoms with van der Waals surface area (Å²) < 4.78 is 0. The van der Waals surface area contributed by atoms with Crippen molar-refractivity contribution in [3.8, 4) is 22.6 Å². The topological polar surface area (TPSA) is 72.8 Å². The van der Waals surface area contributed by atoms with Crippen LogP contribution in [0.4, 0.5) is 0 Å². The van der Waals surface area contributed by atoms with Gasteiger partial charge in [0.15, 0.2) is 0 Å². The van der Waals surface area contributed by atoms with E-state index in [4.69, 9.17) is 15.0 Å². The highest BCUT2D eigenvalue weighted by molar-refractivity contribution is 6.28. The van der Waals surface area contributed by atoms with Gasteiger partial charge in [0.1, 0.15) is 22.8 Å². The van der Waals surface area contributed by atoms with Crippen LogP contribution in [0.25, 0.3) is 44.3 Å². The van der Waals surface area contributed by atoms with E-state index in [0.29, 0.717) is 28.4 Å². The maximum Gasteiger partial charge on any atom is 0.214 e. The second-order valence-electron chi connectivity index (χ2n) is 8.91. The number of pyridine rings is 1. The summed E-state index contributed by atoms with van der Waals surface area (Å²) in [7, 11) is 0. The number of benzene rings is 3. The Morgan fingerprint density at radius 2 is 1.18 bits per heavy atom. The summed E-state index contributed by atoms with van der Waals surface area (Å²) in [6, 6.07) is 19.2. The molecule has 0 unspecified atom stereocenters. The molecule has 0 radical (unpaired) electrons. The van der Waals surface area contributed by atoms with Crippen molar-refractivity contribution in [2.45, 2.75) is 19.8 Å². The van der Waals surface area contributed by atoms with Crippen molar-refractivity contribution in [1.82, 2.24) is 15.0 Å². The van der Waals surface area contributed by atoms with Gasteiger partial charge in [0.2, 0.25) is 11.6 Å². The van der Waals surface area contributed by atoms with Crippen LogP contribution in [0.2, 0.25) is 0 Å². The molecule has 2 aliphatic rings. The number of fused-ring (bicyclic) bond motifs is 7. The minimum absolute atomic E-state index is 0.109. The molecule has 3 aromatic carbocycles. The molecule has 33 heavy (non-hydrogen) atoms. The number of hydrogen-bond donors (Lipinski definition) is 0.